The highest BCUT2D eigenvalue weighted by Gasteiger charge is 2.32. The van der Waals surface area contributed by atoms with Gasteiger partial charge in [0.25, 0.3) is 5.91 Å². The maximum Gasteiger partial charge on any atom is 0.416 e. The number of nitrogens with one attached hydrogen (secondary N) is 1. The number of amides is 3. The van der Waals surface area contributed by atoms with Gasteiger partial charge in [-0.25, -0.2) is 4.79 Å². The molecule has 0 saturated carbocycles. The maximum atomic E-state index is 13.2. The van der Waals surface area contributed by atoms with Crippen LogP contribution in [0.1, 0.15) is 40.9 Å². The Morgan fingerprint density at radius 3 is 2.32 bits per heavy atom. The maximum absolute atomic E-state index is 13.2. The van der Waals surface area contributed by atoms with E-state index in [9.17, 15) is 22.8 Å². The van der Waals surface area contributed by atoms with Crippen molar-refractivity contribution in [3.8, 4) is 0 Å². The fourth-order valence-electron chi connectivity index (χ4n) is 4.02. The molecule has 1 heterocycles. The lowest BCUT2D eigenvalue weighted by molar-refractivity contribution is -0.137. The van der Waals surface area contributed by atoms with Crippen LogP contribution in [0.2, 0.25) is 0 Å². The number of hydrogen-bond acceptors (Lipinski definition) is 2. The third kappa shape index (κ3) is 5.06. The van der Waals surface area contributed by atoms with E-state index in [4.69, 9.17) is 0 Å². The Hall–Kier alpha value is -3.81. The number of benzene rings is 3. The van der Waals surface area contributed by atoms with Gasteiger partial charge >= 0.3 is 12.2 Å². The number of rotatable bonds is 5. The van der Waals surface area contributed by atoms with Crippen molar-refractivity contribution in [3.05, 3.63) is 95.6 Å². The Morgan fingerprint density at radius 1 is 0.941 bits per heavy atom. The van der Waals surface area contributed by atoms with Gasteiger partial charge in [0.2, 0.25) is 0 Å². The van der Waals surface area contributed by atoms with Gasteiger partial charge < -0.3 is 10.2 Å². The van der Waals surface area contributed by atoms with Crippen LogP contribution < -0.4 is 10.2 Å². The summed E-state index contributed by atoms with van der Waals surface area (Å²) in [5, 5.41) is 2.61. The number of carbonyl (C=O) groups is 2. The van der Waals surface area contributed by atoms with E-state index in [1.807, 2.05) is 42.2 Å². The van der Waals surface area contributed by atoms with Crippen molar-refractivity contribution in [1.29, 1.82) is 0 Å². The molecule has 0 bridgehead atoms. The molecule has 0 unspecified atom stereocenters. The quantitative estimate of drug-likeness (QED) is 0.475. The lowest BCUT2D eigenvalue weighted by atomic mass is 10.1. The van der Waals surface area contributed by atoms with Crippen LogP contribution in [0.3, 0.4) is 0 Å². The van der Waals surface area contributed by atoms with Gasteiger partial charge in [0.1, 0.15) is 0 Å². The fraction of sp³-hybridized carbons (Fsp3) is 0.231. The van der Waals surface area contributed by atoms with Gasteiger partial charge in [0, 0.05) is 30.0 Å². The van der Waals surface area contributed by atoms with Crippen molar-refractivity contribution in [3.63, 3.8) is 0 Å². The number of nitrogens with zero attached hydrogens (tertiary/aromatic N) is 2. The van der Waals surface area contributed by atoms with Gasteiger partial charge in [-0.05, 0) is 61.4 Å². The number of hydrogen-bond donors (Lipinski definition) is 1. The molecular weight excluding hydrogens is 443 g/mol. The second kappa shape index (κ2) is 9.59. The molecular formula is C26H24F3N3O2. The molecule has 4 rings (SSSR count). The average Bonchev–Trinajstić information content (AvgIpc) is 2.84. The van der Waals surface area contributed by atoms with Crippen LogP contribution >= 0.6 is 0 Å². The smallest absolute Gasteiger partial charge is 0.322 e. The van der Waals surface area contributed by atoms with Gasteiger partial charge in [-0.2, -0.15) is 13.2 Å². The van der Waals surface area contributed by atoms with E-state index in [0.29, 0.717) is 24.5 Å². The van der Waals surface area contributed by atoms with Crippen molar-refractivity contribution >= 4 is 23.3 Å². The fourth-order valence-corrected chi connectivity index (χ4v) is 4.02. The van der Waals surface area contributed by atoms with Crippen LogP contribution in [0.25, 0.3) is 0 Å². The molecule has 176 valence electrons. The summed E-state index contributed by atoms with van der Waals surface area (Å²) in [5.74, 6) is -0.643. The molecule has 8 heteroatoms. The molecule has 3 aromatic rings. The first-order valence-electron chi connectivity index (χ1n) is 11.0. The number of carbonyl (C=O) groups excluding carboxylic acids is 2. The van der Waals surface area contributed by atoms with Crippen LogP contribution in [0.5, 0.6) is 0 Å². The number of urea groups is 1. The number of anilines is 2. The predicted molar refractivity (Wildman–Crippen MR) is 125 cm³/mol. The molecule has 34 heavy (non-hydrogen) atoms. The third-order valence-electron chi connectivity index (χ3n) is 5.90. The highest BCUT2D eigenvalue weighted by Crippen LogP contribution is 2.30. The SMILES string of the molecule is C[C@H](c1ccccc1)N1CCCN(c2ccc(NC(=O)c3cccc(C(F)(F)F)c3)cc2)C1=O. The number of halogens is 3. The van der Waals surface area contributed by atoms with Crippen LogP contribution in [-0.4, -0.2) is 29.9 Å². The summed E-state index contributed by atoms with van der Waals surface area (Å²) in [6, 6.07) is 20.6. The zero-order chi connectivity index (χ0) is 24.3. The molecule has 1 saturated heterocycles. The standard InChI is InChI=1S/C26H24F3N3O2/c1-18(19-7-3-2-4-8-19)31-15-6-16-32(25(31)34)23-13-11-22(12-14-23)30-24(33)20-9-5-10-21(17-20)26(27,28)29/h2-5,7-14,17-18H,6,15-16H2,1H3,(H,30,33)/t18-/m1/s1. The molecule has 1 fully saturated rings. The van der Waals surface area contributed by atoms with Crippen LogP contribution in [0, 0.1) is 0 Å². The van der Waals surface area contributed by atoms with Crippen LogP contribution in [0.15, 0.2) is 78.9 Å². The Bertz CT molecular complexity index is 1160. The van der Waals surface area contributed by atoms with Gasteiger partial charge in [-0.1, -0.05) is 36.4 Å². The largest absolute Gasteiger partial charge is 0.416 e. The molecule has 3 aromatic carbocycles. The summed E-state index contributed by atoms with van der Waals surface area (Å²) in [4.78, 5) is 29.2. The monoisotopic (exact) mass is 467 g/mol. The molecule has 0 aliphatic carbocycles. The van der Waals surface area contributed by atoms with E-state index in [-0.39, 0.29) is 17.6 Å². The first kappa shape index (κ1) is 23.4. The molecule has 0 radical (unpaired) electrons. The molecule has 0 spiro atoms. The van der Waals surface area contributed by atoms with Crippen molar-refractivity contribution in [2.75, 3.05) is 23.3 Å². The Kier molecular flexibility index (Phi) is 6.58. The van der Waals surface area contributed by atoms with Crippen molar-refractivity contribution in [1.82, 2.24) is 4.90 Å². The van der Waals surface area contributed by atoms with Gasteiger partial charge in [0.15, 0.2) is 0 Å². The van der Waals surface area contributed by atoms with E-state index in [2.05, 4.69) is 5.32 Å². The summed E-state index contributed by atoms with van der Waals surface area (Å²) in [7, 11) is 0. The molecule has 1 aliphatic rings. The Morgan fingerprint density at radius 2 is 1.65 bits per heavy atom. The minimum atomic E-state index is -4.52. The van der Waals surface area contributed by atoms with Gasteiger partial charge in [0.05, 0.1) is 11.6 Å². The third-order valence-corrected chi connectivity index (χ3v) is 5.90. The van der Waals surface area contributed by atoms with Gasteiger partial charge in [-0.15, -0.1) is 0 Å². The van der Waals surface area contributed by atoms with Crippen molar-refractivity contribution in [2.45, 2.75) is 25.6 Å². The van der Waals surface area contributed by atoms with E-state index in [1.165, 1.54) is 12.1 Å². The predicted octanol–water partition coefficient (Wildman–Crippen LogP) is 6.35. The van der Waals surface area contributed by atoms with Crippen molar-refractivity contribution in [2.24, 2.45) is 0 Å². The second-order valence-corrected chi connectivity index (χ2v) is 8.15. The minimum Gasteiger partial charge on any atom is -0.322 e. The van der Waals surface area contributed by atoms with E-state index in [0.717, 1.165) is 24.1 Å². The minimum absolute atomic E-state index is 0.0671. The molecule has 0 aromatic heterocycles. The normalized spacial score (nSPS) is 15.2. The topological polar surface area (TPSA) is 52.6 Å². The van der Waals surface area contributed by atoms with E-state index in [1.54, 1.807) is 29.2 Å². The highest BCUT2D eigenvalue weighted by atomic mass is 19.4. The second-order valence-electron chi connectivity index (χ2n) is 8.15. The summed E-state index contributed by atoms with van der Waals surface area (Å²) in [6.45, 7) is 3.24. The first-order valence-corrected chi connectivity index (χ1v) is 11.0. The van der Waals surface area contributed by atoms with E-state index < -0.39 is 17.6 Å². The lowest BCUT2D eigenvalue weighted by Gasteiger charge is -2.39. The van der Waals surface area contributed by atoms with Crippen LogP contribution in [0.4, 0.5) is 29.3 Å². The molecule has 1 aliphatic heterocycles. The summed E-state index contributed by atoms with van der Waals surface area (Å²) < 4.78 is 38.8. The average molecular weight is 467 g/mol. The Balaban J connectivity index is 1.45. The van der Waals surface area contributed by atoms with Gasteiger partial charge in [-0.3, -0.25) is 9.69 Å². The highest BCUT2D eigenvalue weighted by molar-refractivity contribution is 6.04. The molecule has 3 amide bonds. The number of alkyl halides is 3. The summed E-state index contributed by atoms with van der Waals surface area (Å²) >= 11 is 0. The first-order chi connectivity index (χ1) is 16.2. The van der Waals surface area contributed by atoms with E-state index >= 15 is 0 Å². The zero-order valence-electron chi connectivity index (χ0n) is 18.5. The zero-order valence-corrected chi connectivity index (χ0v) is 18.5. The molecule has 5 nitrogen and oxygen atoms in total. The molecule has 1 atom stereocenters. The van der Waals surface area contributed by atoms with Crippen molar-refractivity contribution < 1.29 is 22.8 Å². The summed E-state index contributed by atoms with van der Waals surface area (Å²) in [6.07, 6.45) is -3.71. The van der Waals surface area contributed by atoms with Crippen LogP contribution in [-0.2, 0) is 6.18 Å². The lowest BCUT2D eigenvalue weighted by Crippen LogP contribution is -2.50. The summed E-state index contributed by atoms with van der Waals surface area (Å²) in [5.41, 5.74) is 1.20. The Labute approximate surface area is 195 Å². The molecule has 1 N–H and O–H groups in total.